The number of benzene rings is 3. The maximum absolute atomic E-state index is 14.4. The van der Waals surface area contributed by atoms with Crippen molar-refractivity contribution in [2.45, 2.75) is 58.2 Å². The van der Waals surface area contributed by atoms with Gasteiger partial charge in [-0.3, -0.25) is 4.79 Å². The normalized spacial score (nSPS) is 17.3. The van der Waals surface area contributed by atoms with Gasteiger partial charge in [-0.1, -0.05) is 72.5 Å². The molecule has 1 radical (unpaired) electrons. The molecule has 1 saturated heterocycles. The van der Waals surface area contributed by atoms with Gasteiger partial charge in [0.2, 0.25) is 0 Å². The van der Waals surface area contributed by atoms with E-state index in [9.17, 15) is 14.0 Å². The molecule has 4 rings (SSSR count). The van der Waals surface area contributed by atoms with Crippen molar-refractivity contribution in [2.24, 2.45) is 11.3 Å². The minimum absolute atomic E-state index is 0.0425. The molecule has 5 nitrogen and oxygen atoms in total. The van der Waals surface area contributed by atoms with Crippen LogP contribution in [0.4, 0.5) is 4.39 Å². The van der Waals surface area contributed by atoms with Crippen molar-refractivity contribution in [1.82, 2.24) is 0 Å². The molecule has 1 unspecified atom stereocenters. The number of hydrogen-bond acceptors (Lipinski definition) is 5. The van der Waals surface area contributed by atoms with Crippen LogP contribution in [0, 0.1) is 17.2 Å². The fourth-order valence-electron chi connectivity index (χ4n) is 5.21. The van der Waals surface area contributed by atoms with E-state index in [0.29, 0.717) is 36.4 Å². The number of hydrogen-bond donors (Lipinski definition) is 0. The number of carbonyl (C=O) groups excluding carboxylic acids is 2. The summed E-state index contributed by atoms with van der Waals surface area (Å²) in [6.07, 6.45) is 4.81. The first-order valence-electron chi connectivity index (χ1n) is 14.1. The predicted octanol–water partition coefficient (Wildman–Crippen LogP) is 7.30. The highest BCUT2D eigenvalue weighted by molar-refractivity contribution is 6.66. The highest BCUT2D eigenvalue weighted by Gasteiger charge is 2.39. The first-order chi connectivity index (χ1) is 19.9. The van der Waals surface area contributed by atoms with E-state index < -0.39 is 5.41 Å². The summed E-state index contributed by atoms with van der Waals surface area (Å²) in [6, 6.07) is 21.7. The largest absolute Gasteiger partial charge is 0.460 e. The lowest BCUT2D eigenvalue weighted by molar-refractivity contribution is -0.191. The number of ether oxygens (including phenoxy) is 3. The monoisotopic (exact) mass is 577 g/mol. The molecule has 1 heterocycles. The quantitative estimate of drug-likeness (QED) is 0.114. The van der Waals surface area contributed by atoms with Crippen LogP contribution in [0.3, 0.4) is 0 Å². The average Bonchev–Trinajstić information content (AvgIpc) is 3.00. The Kier molecular flexibility index (Phi) is 11.5. The van der Waals surface area contributed by atoms with E-state index in [1.54, 1.807) is 13.3 Å². The van der Waals surface area contributed by atoms with Crippen molar-refractivity contribution >= 4 is 31.0 Å². The lowest BCUT2D eigenvalue weighted by atomic mass is 9.66. The van der Waals surface area contributed by atoms with E-state index in [1.807, 2.05) is 61.5 Å². The van der Waals surface area contributed by atoms with Crippen LogP contribution < -0.4 is 0 Å². The molecule has 0 aromatic heterocycles. The zero-order chi connectivity index (χ0) is 29.1. The maximum atomic E-state index is 14.4. The van der Waals surface area contributed by atoms with E-state index >= 15 is 0 Å². The third-order valence-electron chi connectivity index (χ3n) is 7.45. The Bertz CT molecular complexity index is 1270. The van der Waals surface area contributed by atoms with Gasteiger partial charge >= 0.3 is 5.97 Å². The summed E-state index contributed by atoms with van der Waals surface area (Å²) in [5.41, 5.74) is 2.12. The average molecular weight is 578 g/mol. The summed E-state index contributed by atoms with van der Waals surface area (Å²) in [6.45, 7) is 2.83. The fraction of sp³-hybridized carbons (Fsp3) is 0.394. The van der Waals surface area contributed by atoms with E-state index in [1.165, 1.54) is 12.1 Å². The summed E-state index contributed by atoms with van der Waals surface area (Å²) >= 11 is 6.08. The van der Waals surface area contributed by atoms with Crippen molar-refractivity contribution in [1.29, 1.82) is 0 Å². The van der Waals surface area contributed by atoms with Crippen LogP contribution in [0.15, 0.2) is 72.8 Å². The molecule has 1 aliphatic rings. The molecule has 0 spiro atoms. The molecular weight excluding hydrogens is 542 g/mol. The zero-order valence-corrected chi connectivity index (χ0v) is 24.2. The maximum Gasteiger partial charge on any atom is 0.314 e. The minimum atomic E-state index is -0.958. The number of carbonyl (C=O) groups is 2. The van der Waals surface area contributed by atoms with Gasteiger partial charge in [-0.15, -0.1) is 0 Å². The van der Waals surface area contributed by atoms with E-state index in [4.69, 9.17) is 25.8 Å². The molecule has 215 valence electrons. The number of esters is 1. The lowest BCUT2D eigenvalue weighted by Crippen LogP contribution is -2.39. The molecule has 3 aromatic rings. The van der Waals surface area contributed by atoms with Crippen LogP contribution in [-0.2, 0) is 36.8 Å². The van der Waals surface area contributed by atoms with Gasteiger partial charge in [0.15, 0.2) is 13.6 Å². The van der Waals surface area contributed by atoms with Gasteiger partial charge in [-0.25, -0.2) is 4.39 Å². The summed E-state index contributed by atoms with van der Waals surface area (Å²) in [7, 11) is 1.58. The van der Waals surface area contributed by atoms with Crippen molar-refractivity contribution in [2.75, 3.05) is 13.2 Å². The van der Waals surface area contributed by atoms with Gasteiger partial charge in [0.1, 0.15) is 12.4 Å². The Labute approximate surface area is 247 Å². The zero-order valence-electron chi connectivity index (χ0n) is 23.4. The molecule has 0 N–H and O–H groups in total. The summed E-state index contributed by atoms with van der Waals surface area (Å²) in [4.78, 5) is 24.8. The van der Waals surface area contributed by atoms with Crippen molar-refractivity contribution in [3.05, 3.63) is 94.8 Å². The Morgan fingerprint density at radius 3 is 2.61 bits per heavy atom. The van der Waals surface area contributed by atoms with Crippen molar-refractivity contribution in [3.63, 3.8) is 0 Å². The van der Waals surface area contributed by atoms with Crippen molar-refractivity contribution in [3.8, 4) is 11.1 Å². The molecule has 3 atom stereocenters. The SMILES string of the molecule is C[C@@](COC1CCCCO1)(C[C@H](C[B]C=O)Cc1ccc(-c2cc(Cl)ccc2F)cc1)C(=O)OCc1ccccc1. The summed E-state index contributed by atoms with van der Waals surface area (Å²) in [5, 5.41) is 0.467. The molecular formula is C33H36BClFO5. The third kappa shape index (κ3) is 9.25. The second-order valence-corrected chi connectivity index (χ2v) is 11.4. The molecule has 0 aliphatic carbocycles. The highest BCUT2D eigenvalue weighted by atomic mass is 35.5. The summed E-state index contributed by atoms with van der Waals surface area (Å²) in [5.74, 6) is -0.730. The molecule has 0 bridgehead atoms. The van der Waals surface area contributed by atoms with Crippen LogP contribution in [0.5, 0.6) is 0 Å². The lowest BCUT2D eigenvalue weighted by Gasteiger charge is -2.33. The van der Waals surface area contributed by atoms with Gasteiger partial charge in [-0.05, 0) is 79.8 Å². The van der Waals surface area contributed by atoms with Crippen LogP contribution in [0.1, 0.15) is 43.7 Å². The van der Waals surface area contributed by atoms with Crippen LogP contribution in [0.25, 0.3) is 11.1 Å². The molecule has 1 fully saturated rings. The molecule has 3 aromatic carbocycles. The number of rotatable bonds is 14. The second kappa shape index (κ2) is 15.3. The second-order valence-electron chi connectivity index (χ2n) is 10.9. The Hall–Kier alpha value is -3.00. The van der Waals surface area contributed by atoms with E-state index in [0.717, 1.165) is 42.1 Å². The van der Waals surface area contributed by atoms with Crippen molar-refractivity contribution < 1.29 is 28.2 Å². The van der Waals surface area contributed by atoms with Gasteiger partial charge in [0.05, 0.1) is 18.2 Å². The topological polar surface area (TPSA) is 61.8 Å². The third-order valence-corrected chi connectivity index (χ3v) is 7.69. The highest BCUT2D eigenvalue weighted by Crippen LogP contribution is 2.34. The first kappa shape index (κ1) is 31.0. The Balaban J connectivity index is 1.49. The van der Waals surface area contributed by atoms with Crippen LogP contribution in [-0.4, -0.2) is 38.9 Å². The van der Waals surface area contributed by atoms with Crippen LogP contribution in [0.2, 0.25) is 11.3 Å². The first-order valence-corrected chi connectivity index (χ1v) is 14.5. The molecule has 0 saturated carbocycles. The Morgan fingerprint density at radius 2 is 1.90 bits per heavy atom. The standard InChI is InChI=1S/C33H36BClFO5/c1-33(22-41-31-9-5-6-16-39-31,32(38)40-21-25-7-3-2-4-8-25)19-26(20-34-23-37)17-24-10-12-27(13-11-24)29-18-28(35)14-15-30(29)36/h2-4,7-8,10-15,18,23,26,31H,5-6,9,16-17,19-22H2,1H3/t26-,31?,33+/m1/s1. The van der Waals surface area contributed by atoms with Gasteiger partial charge in [-0.2, -0.15) is 0 Å². The molecule has 1 aliphatic heterocycles. The van der Waals surface area contributed by atoms with E-state index in [-0.39, 0.29) is 37.2 Å². The molecule has 0 amide bonds. The van der Waals surface area contributed by atoms with Crippen LogP contribution >= 0.6 is 11.6 Å². The Morgan fingerprint density at radius 1 is 1.12 bits per heavy atom. The van der Waals surface area contributed by atoms with E-state index in [2.05, 4.69) is 0 Å². The molecule has 41 heavy (non-hydrogen) atoms. The smallest absolute Gasteiger partial charge is 0.314 e. The number of halogens is 2. The van der Waals surface area contributed by atoms with Gasteiger partial charge in [0, 0.05) is 17.2 Å². The van der Waals surface area contributed by atoms with Gasteiger partial charge in [0.25, 0.3) is 0 Å². The van der Waals surface area contributed by atoms with Gasteiger partial charge < -0.3 is 19.0 Å². The summed E-state index contributed by atoms with van der Waals surface area (Å²) < 4.78 is 32.0. The minimum Gasteiger partial charge on any atom is -0.460 e. The molecule has 8 heteroatoms. The fourth-order valence-corrected chi connectivity index (χ4v) is 5.39. The predicted molar refractivity (Wildman–Crippen MR) is 160 cm³/mol.